The third kappa shape index (κ3) is 4.98. The second-order valence-corrected chi connectivity index (χ2v) is 9.51. The summed E-state index contributed by atoms with van der Waals surface area (Å²) in [5.41, 5.74) is 1.47. The van der Waals surface area contributed by atoms with E-state index in [-0.39, 0.29) is 27.9 Å². The molecule has 0 bridgehead atoms. The third-order valence-electron chi connectivity index (χ3n) is 5.58. The minimum Gasteiger partial charge on any atom is -0.366 e. The van der Waals surface area contributed by atoms with Crippen LogP contribution >= 0.6 is 0 Å². The Kier molecular flexibility index (Phi) is 6.33. The molecule has 0 saturated carbocycles. The van der Waals surface area contributed by atoms with Crippen LogP contribution in [0.25, 0.3) is 0 Å². The Morgan fingerprint density at radius 2 is 1.55 bits per heavy atom. The SMILES string of the molecule is Cc1cc(S(=O)(=O)Nc2ccc(C(=O)N3CCN(c4ccccc4F)CC3)cc2)ccc1F. The first-order valence-electron chi connectivity index (χ1n) is 10.4. The number of aryl methyl sites for hydroxylation is 1. The maximum atomic E-state index is 14.0. The van der Waals surface area contributed by atoms with Crippen molar-refractivity contribution in [2.24, 2.45) is 0 Å². The third-order valence-corrected chi connectivity index (χ3v) is 6.96. The lowest BCUT2D eigenvalue weighted by Crippen LogP contribution is -2.49. The topological polar surface area (TPSA) is 69.7 Å². The zero-order valence-corrected chi connectivity index (χ0v) is 18.8. The summed E-state index contributed by atoms with van der Waals surface area (Å²) < 4.78 is 55.0. The maximum absolute atomic E-state index is 14.0. The monoisotopic (exact) mass is 471 g/mol. The minimum atomic E-state index is -3.89. The highest BCUT2D eigenvalue weighted by atomic mass is 32.2. The number of hydrogen-bond acceptors (Lipinski definition) is 4. The molecule has 0 spiro atoms. The van der Waals surface area contributed by atoms with Gasteiger partial charge in [-0.2, -0.15) is 0 Å². The molecule has 1 amide bonds. The van der Waals surface area contributed by atoms with Gasteiger partial charge in [0.15, 0.2) is 0 Å². The van der Waals surface area contributed by atoms with Crippen molar-refractivity contribution in [3.8, 4) is 0 Å². The summed E-state index contributed by atoms with van der Waals surface area (Å²) in [6, 6.07) is 16.3. The molecule has 0 atom stereocenters. The molecule has 33 heavy (non-hydrogen) atoms. The summed E-state index contributed by atoms with van der Waals surface area (Å²) >= 11 is 0. The van der Waals surface area contributed by atoms with E-state index in [0.717, 1.165) is 6.07 Å². The zero-order chi connectivity index (χ0) is 23.6. The molecule has 1 heterocycles. The van der Waals surface area contributed by atoms with Gasteiger partial charge in [-0.1, -0.05) is 12.1 Å². The molecule has 3 aromatic rings. The van der Waals surface area contributed by atoms with E-state index >= 15 is 0 Å². The fraction of sp³-hybridized carbons (Fsp3) is 0.208. The summed E-state index contributed by atoms with van der Waals surface area (Å²) in [7, 11) is -3.89. The van der Waals surface area contributed by atoms with Crippen molar-refractivity contribution in [2.45, 2.75) is 11.8 Å². The highest BCUT2D eigenvalue weighted by Gasteiger charge is 2.24. The lowest BCUT2D eigenvalue weighted by Gasteiger charge is -2.36. The van der Waals surface area contributed by atoms with Crippen LogP contribution in [0.3, 0.4) is 0 Å². The van der Waals surface area contributed by atoms with E-state index in [1.54, 1.807) is 35.2 Å². The molecule has 0 aliphatic carbocycles. The Bertz CT molecular complexity index is 1270. The molecule has 4 rings (SSSR count). The molecule has 1 aliphatic heterocycles. The predicted molar refractivity (Wildman–Crippen MR) is 123 cm³/mol. The van der Waals surface area contributed by atoms with E-state index in [2.05, 4.69) is 4.72 Å². The van der Waals surface area contributed by atoms with E-state index < -0.39 is 15.8 Å². The zero-order valence-electron chi connectivity index (χ0n) is 18.0. The van der Waals surface area contributed by atoms with Crippen LogP contribution < -0.4 is 9.62 Å². The summed E-state index contributed by atoms with van der Waals surface area (Å²) in [4.78, 5) is 16.4. The van der Waals surface area contributed by atoms with Gasteiger partial charge in [0.25, 0.3) is 15.9 Å². The quantitative estimate of drug-likeness (QED) is 0.610. The molecule has 172 valence electrons. The molecule has 6 nitrogen and oxygen atoms in total. The van der Waals surface area contributed by atoms with Crippen LogP contribution in [0.2, 0.25) is 0 Å². The number of benzene rings is 3. The largest absolute Gasteiger partial charge is 0.366 e. The standard InChI is InChI=1S/C24H23F2N3O3S/c1-17-16-20(10-11-21(17)25)33(31,32)27-19-8-6-18(7-9-19)24(30)29-14-12-28(13-15-29)23-5-3-2-4-22(23)26/h2-11,16,27H,12-15H2,1H3. The Labute approximate surface area is 191 Å². The van der Waals surface area contributed by atoms with Crippen LogP contribution in [0.5, 0.6) is 0 Å². The molecule has 1 saturated heterocycles. The van der Waals surface area contributed by atoms with Crippen LogP contribution in [0.15, 0.2) is 71.6 Å². The molecule has 1 fully saturated rings. The fourth-order valence-corrected chi connectivity index (χ4v) is 4.86. The smallest absolute Gasteiger partial charge is 0.261 e. The molecule has 1 aliphatic rings. The van der Waals surface area contributed by atoms with Gasteiger partial charge >= 0.3 is 0 Å². The lowest BCUT2D eigenvalue weighted by molar-refractivity contribution is 0.0746. The van der Waals surface area contributed by atoms with Crippen molar-refractivity contribution < 1.29 is 22.0 Å². The van der Waals surface area contributed by atoms with Gasteiger partial charge in [0.2, 0.25) is 0 Å². The molecular formula is C24H23F2N3O3S. The van der Waals surface area contributed by atoms with Gasteiger partial charge in [-0.15, -0.1) is 0 Å². The minimum absolute atomic E-state index is 0.0470. The normalized spacial score (nSPS) is 14.3. The number of piperazine rings is 1. The second kappa shape index (κ2) is 9.19. The van der Waals surface area contributed by atoms with Gasteiger partial charge < -0.3 is 9.80 Å². The number of para-hydroxylation sites is 1. The van der Waals surface area contributed by atoms with Crippen molar-refractivity contribution in [3.05, 3.63) is 89.5 Å². The van der Waals surface area contributed by atoms with Crippen molar-refractivity contribution in [1.82, 2.24) is 4.90 Å². The first-order chi connectivity index (χ1) is 15.7. The van der Waals surface area contributed by atoms with Gasteiger partial charge in [-0.3, -0.25) is 9.52 Å². The van der Waals surface area contributed by atoms with E-state index in [4.69, 9.17) is 0 Å². The molecule has 0 radical (unpaired) electrons. The van der Waals surface area contributed by atoms with Crippen molar-refractivity contribution in [1.29, 1.82) is 0 Å². The Morgan fingerprint density at radius 1 is 0.879 bits per heavy atom. The molecule has 3 aromatic carbocycles. The average Bonchev–Trinajstić information content (AvgIpc) is 2.81. The number of carbonyl (C=O) groups is 1. The first kappa shape index (κ1) is 22.7. The van der Waals surface area contributed by atoms with Gasteiger partial charge in [0.1, 0.15) is 11.6 Å². The number of rotatable bonds is 5. The molecule has 9 heteroatoms. The number of hydrogen-bond donors (Lipinski definition) is 1. The number of sulfonamides is 1. The van der Waals surface area contributed by atoms with E-state index in [9.17, 15) is 22.0 Å². The van der Waals surface area contributed by atoms with Crippen LogP contribution in [-0.4, -0.2) is 45.4 Å². The Balaban J connectivity index is 1.39. The van der Waals surface area contributed by atoms with E-state index in [0.29, 0.717) is 37.4 Å². The summed E-state index contributed by atoms with van der Waals surface area (Å²) in [6.07, 6.45) is 0. The van der Waals surface area contributed by atoms with Gasteiger partial charge in [0, 0.05) is 37.4 Å². The van der Waals surface area contributed by atoms with Gasteiger partial charge in [-0.25, -0.2) is 17.2 Å². The van der Waals surface area contributed by atoms with Gasteiger partial charge in [-0.05, 0) is 67.1 Å². The molecule has 0 unspecified atom stereocenters. The van der Waals surface area contributed by atoms with Crippen molar-refractivity contribution in [2.75, 3.05) is 35.8 Å². The van der Waals surface area contributed by atoms with Gasteiger partial charge in [0.05, 0.1) is 10.6 Å². The second-order valence-electron chi connectivity index (χ2n) is 7.82. The highest BCUT2D eigenvalue weighted by Crippen LogP contribution is 2.22. The Morgan fingerprint density at radius 3 is 2.18 bits per heavy atom. The predicted octanol–water partition coefficient (Wildman–Crippen LogP) is 4.04. The van der Waals surface area contributed by atoms with Crippen LogP contribution in [0, 0.1) is 18.6 Å². The molecular weight excluding hydrogens is 448 g/mol. The van der Waals surface area contributed by atoms with E-state index in [1.165, 1.54) is 37.3 Å². The molecule has 1 N–H and O–H groups in total. The number of nitrogens with one attached hydrogen (secondary N) is 1. The lowest BCUT2D eigenvalue weighted by atomic mass is 10.1. The number of halogens is 2. The van der Waals surface area contributed by atoms with Crippen molar-refractivity contribution >= 4 is 27.3 Å². The fourth-order valence-electron chi connectivity index (χ4n) is 3.72. The number of carbonyl (C=O) groups excluding carboxylic acids is 1. The summed E-state index contributed by atoms with van der Waals surface area (Å²) in [5.74, 6) is -0.940. The molecule has 0 aromatic heterocycles. The van der Waals surface area contributed by atoms with Crippen LogP contribution in [0.1, 0.15) is 15.9 Å². The van der Waals surface area contributed by atoms with E-state index in [1.807, 2.05) is 4.90 Å². The summed E-state index contributed by atoms with van der Waals surface area (Å²) in [6.45, 7) is 3.42. The van der Waals surface area contributed by atoms with Crippen LogP contribution in [-0.2, 0) is 10.0 Å². The summed E-state index contributed by atoms with van der Waals surface area (Å²) in [5, 5.41) is 0. The first-order valence-corrected chi connectivity index (χ1v) is 11.9. The maximum Gasteiger partial charge on any atom is 0.261 e. The van der Waals surface area contributed by atoms with Crippen molar-refractivity contribution in [3.63, 3.8) is 0 Å². The highest BCUT2D eigenvalue weighted by molar-refractivity contribution is 7.92. The number of nitrogens with zero attached hydrogens (tertiary/aromatic N) is 2. The Hall–Kier alpha value is -3.46. The average molecular weight is 472 g/mol. The number of anilines is 2. The van der Waals surface area contributed by atoms with Crippen LogP contribution in [0.4, 0.5) is 20.2 Å². The number of amides is 1.